The Balaban J connectivity index is 1.69. The van der Waals surface area contributed by atoms with E-state index in [0.29, 0.717) is 18.2 Å². The molecule has 2 heterocycles. The Labute approximate surface area is 124 Å². The number of nitrogens with one attached hydrogen (secondary N) is 1. The van der Waals surface area contributed by atoms with Crippen LogP contribution in [0.4, 0.5) is 5.69 Å². The first-order chi connectivity index (χ1) is 9.74. The van der Waals surface area contributed by atoms with Gasteiger partial charge in [0.25, 0.3) is 5.91 Å². The number of hydrogen-bond donors (Lipinski definition) is 1. The molecule has 20 heavy (non-hydrogen) atoms. The Morgan fingerprint density at radius 2 is 2.20 bits per heavy atom. The number of rotatable bonds is 2. The van der Waals surface area contributed by atoms with Gasteiger partial charge in [-0.25, -0.2) is 0 Å². The van der Waals surface area contributed by atoms with Crippen molar-refractivity contribution in [1.29, 1.82) is 0 Å². The molecule has 1 aliphatic heterocycles. The summed E-state index contributed by atoms with van der Waals surface area (Å²) in [5.41, 5.74) is 3.51. The molecule has 2 aliphatic rings. The molecule has 0 atom stereocenters. The van der Waals surface area contributed by atoms with E-state index in [0.717, 1.165) is 35.1 Å². The Hall–Kier alpha value is -1.69. The van der Waals surface area contributed by atoms with Gasteiger partial charge < -0.3 is 4.90 Å². The molecular weight excluding hydrogens is 320 g/mol. The average Bonchev–Trinajstić information content (AvgIpc) is 3.02. The molecule has 0 saturated heterocycles. The number of nitrogens with zero attached hydrogens (tertiary/aromatic N) is 3. The second kappa shape index (κ2) is 4.41. The van der Waals surface area contributed by atoms with Gasteiger partial charge in [0.15, 0.2) is 5.69 Å². The van der Waals surface area contributed by atoms with Crippen molar-refractivity contribution in [1.82, 2.24) is 15.4 Å². The molecule has 1 aromatic carbocycles. The number of fused-ring (bicyclic) bond motifs is 1. The fraction of sp³-hybridized carbons (Fsp3) is 0.357. The lowest BCUT2D eigenvalue weighted by atomic mass is 10.1. The van der Waals surface area contributed by atoms with Gasteiger partial charge in [-0.2, -0.15) is 15.4 Å². The molecule has 1 amide bonds. The van der Waals surface area contributed by atoms with Gasteiger partial charge in [0.1, 0.15) is 0 Å². The van der Waals surface area contributed by atoms with E-state index in [1.807, 2.05) is 17.0 Å². The van der Waals surface area contributed by atoms with Gasteiger partial charge in [0.05, 0.1) is 5.69 Å². The van der Waals surface area contributed by atoms with E-state index in [-0.39, 0.29) is 5.91 Å². The minimum atomic E-state index is -0.0401. The monoisotopic (exact) mass is 332 g/mol. The molecular formula is C14H13BrN4O. The summed E-state index contributed by atoms with van der Waals surface area (Å²) in [6.45, 7) is 0.710. The molecule has 5 nitrogen and oxygen atoms in total. The predicted octanol–water partition coefficient (Wildman–Crippen LogP) is 2.65. The van der Waals surface area contributed by atoms with E-state index in [9.17, 15) is 4.79 Å². The lowest BCUT2D eigenvalue weighted by molar-refractivity contribution is 0.0983. The van der Waals surface area contributed by atoms with Crippen molar-refractivity contribution < 1.29 is 4.79 Å². The first kappa shape index (κ1) is 12.1. The molecule has 1 aromatic heterocycles. The SMILES string of the molecule is O=C(c1n[nH]nc1C1CC1)N1CCc2cc(Br)ccc21. The van der Waals surface area contributed by atoms with E-state index in [4.69, 9.17) is 0 Å². The highest BCUT2D eigenvalue weighted by Crippen LogP contribution is 2.40. The van der Waals surface area contributed by atoms with Crippen LogP contribution in [0.25, 0.3) is 0 Å². The van der Waals surface area contributed by atoms with Crippen molar-refractivity contribution in [2.24, 2.45) is 0 Å². The van der Waals surface area contributed by atoms with E-state index in [1.165, 1.54) is 5.56 Å². The van der Waals surface area contributed by atoms with Crippen molar-refractivity contribution in [2.75, 3.05) is 11.4 Å². The Morgan fingerprint density at radius 3 is 3.00 bits per heavy atom. The van der Waals surface area contributed by atoms with Crippen LogP contribution in [0.1, 0.15) is 40.5 Å². The molecule has 1 saturated carbocycles. The normalized spacial score (nSPS) is 17.4. The average molecular weight is 333 g/mol. The number of benzene rings is 1. The molecule has 1 fully saturated rings. The largest absolute Gasteiger partial charge is 0.306 e. The molecule has 102 valence electrons. The van der Waals surface area contributed by atoms with Crippen LogP contribution in [0.5, 0.6) is 0 Å². The Bertz CT molecular complexity index is 692. The summed E-state index contributed by atoms with van der Waals surface area (Å²) < 4.78 is 1.05. The number of carbonyl (C=O) groups excluding carboxylic acids is 1. The zero-order valence-corrected chi connectivity index (χ0v) is 12.4. The highest BCUT2D eigenvalue weighted by Gasteiger charge is 2.35. The molecule has 0 bridgehead atoms. The summed E-state index contributed by atoms with van der Waals surface area (Å²) in [5, 5.41) is 10.8. The maximum atomic E-state index is 12.7. The summed E-state index contributed by atoms with van der Waals surface area (Å²) in [7, 11) is 0. The predicted molar refractivity (Wildman–Crippen MR) is 77.9 cm³/mol. The van der Waals surface area contributed by atoms with E-state index in [2.05, 4.69) is 37.4 Å². The minimum absolute atomic E-state index is 0.0401. The van der Waals surface area contributed by atoms with E-state index in [1.54, 1.807) is 0 Å². The quantitative estimate of drug-likeness (QED) is 0.919. The number of aromatic amines is 1. The van der Waals surface area contributed by atoms with Crippen molar-refractivity contribution in [3.8, 4) is 0 Å². The van der Waals surface area contributed by atoms with Crippen LogP contribution in [0.2, 0.25) is 0 Å². The van der Waals surface area contributed by atoms with Crippen LogP contribution in [-0.2, 0) is 6.42 Å². The first-order valence-corrected chi connectivity index (χ1v) is 7.54. The van der Waals surface area contributed by atoms with Crippen molar-refractivity contribution >= 4 is 27.5 Å². The second-order valence-corrected chi connectivity index (χ2v) is 6.23. The number of carbonyl (C=O) groups is 1. The fourth-order valence-corrected chi connectivity index (χ4v) is 3.16. The van der Waals surface area contributed by atoms with Crippen LogP contribution in [-0.4, -0.2) is 27.9 Å². The van der Waals surface area contributed by atoms with Gasteiger partial charge in [0, 0.05) is 22.6 Å². The summed E-state index contributed by atoms with van der Waals surface area (Å²) >= 11 is 3.47. The summed E-state index contributed by atoms with van der Waals surface area (Å²) in [4.78, 5) is 14.5. The number of aromatic nitrogens is 3. The molecule has 2 aromatic rings. The zero-order valence-electron chi connectivity index (χ0n) is 10.8. The summed E-state index contributed by atoms with van der Waals surface area (Å²) in [5.74, 6) is 0.376. The van der Waals surface area contributed by atoms with Crippen LogP contribution < -0.4 is 4.90 Å². The van der Waals surface area contributed by atoms with Gasteiger partial charge >= 0.3 is 0 Å². The van der Waals surface area contributed by atoms with Crippen molar-refractivity contribution in [3.05, 3.63) is 39.6 Å². The number of anilines is 1. The smallest absolute Gasteiger partial charge is 0.280 e. The van der Waals surface area contributed by atoms with Gasteiger partial charge in [-0.05, 0) is 43.0 Å². The van der Waals surface area contributed by atoms with Crippen LogP contribution in [0.15, 0.2) is 22.7 Å². The zero-order chi connectivity index (χ0) is 13.7. The van der Waals surface area contributed by atoms with E-state index >= 15 is 0 Å². The van der Waals surface area contributed by atoms with Gasteiger partial charge in [-0.15, -0.1) is 0 Å². The number of hydrogen-bond acceptors (Lipinski definition) is 3. The third kappa shape index (κ3) is 1.86. The Kier molecular flexibility index (Phi) is 2.66. The number of H-pyrrole nitrogens is 1. The van der Waals surface area contributed by atoms with Crippen molar-refractivity contribution in [3.63, 3.8) is 0 Å². The molecule has 1 aliphatic carbocycles. The van der Waals surface area contributed by atoms with Gasteiger partial charge in [-0.3, -0.25) is 4.79 Å². The third-order valence-electron chi connectivity index (χ3n) is 3.92. The maximum Gasteiger partial charge on any atom is 0.280 e. The van der Waals surface area contributed by atoms with Gasteiger partial charge in [-0.1, -0.05) is 15.9 Å². The Morgan fingerprint density at radius 1 is 1.35 bits per heavy atom. The summed E-state index contributed by atoms with van der Waals surface area (Å²) in [6.07, 6.45) is 3.10. The third-order valence-corrected chi connectivity index (χ3v) is 4.42. The highest BCUT2D eigenvalue weighted by molar-refractivity contribution is 9.10. The number of amides is 1. The fourth-order valence-electron chi connectivity index (χ4n) is 2.75. The topological polar surface area (TPSA) is 61.9 Å². The standard InChI is InChI=1S/C14H13BrN4O/c15-10-3-4-11-9(7-10)5-6-19(11)14(20)13-12(8-1-2-8)16-18-17-13/h3-4,7-8H,1-2,5-6H2,(H,16,17,18). The molecule has 1 N–H and O–H groups in total. The van der Waals surface area contributed by atoms with Crippen LogP contribution >= 0.6 is 15.9 Å². The minimum Gasteiger partial charge on any atom is -0.306 e. The van der Waals surface area contributed by atoms with E-state index < -0.39 is 0 Å². The molecule has 0 radical (unpaired) electrons. The number of halogens is 1. The van der Waals surface area contributed by atoms with Crippen LogP contribution in [0.3, 0.4) is 0 Å². The highest BCUT2D eigenvalue weighted by atomic mass is 79.9. The lowest BCUT2D eigenvalue weighted by Crippen LogP contribution is -2.30. The second-order valence-electron chi connectivity index (χ2n) is 5.31. The van der Waals surface area contributed by atoms with Gasteiger partial charge in [0.2, 0.25) is 0 Å². The van der Waals surface area contributed by atoms with Crippen molar-refractivity contribution in [2.45, 2.75) is 25.2 Å². The maximum absolute atomic E-state index is 12.7. The summed E-state index contributed by atoms with van der Waals surface area (Å²) in [6, 6.07) is 6.03. The molecule has 0 spiro atoms. The molecule has 6 heteroatoms. The lowest BCUT2D eigenvalue weighted by Gasteiger charge is -2.16. The molecule has 0 unspecified atom stereocenters. The molecule has 4 rings (SSSR count). The first-order valence-electron chi connectivity index (χ1n) is 6.75. The van der Waals surface area contributed by atoms with Crippen LogP contribution in [0, 0.1) is 0 Å².